The summed E-state index contributed by atoms with van der Waals surface area (Å²) in [5.74, 6) is 0.671. The molecule has 4 heteroatoms. The SMILES string of the molecule is CCCCOc1ccc(CCC(=O)O[P+](c2ccccc2)(c2ccccc2)c2ccccc2)cc1. The number of hydrogen-bond donors (Lipinski definition) is 0. The number of unbranched alkanes of at least 4 members (excludes halogenated alkanes) is 1. The van der Waals surface area contributed by atoms with E-state index in [0.717, 1.165) is 46.7 Å². The lowest BCUT2D eigenvalue weighted by Crippen LogP contribution is -2.34. The molecule has 35 heavy (non-hydrogen) atoms. The fourth-order valence-corrected chi connectivity index (χ4v) is 7.43. The highest BCUT2D eigenvalue weighted by molar-refractivity contribution is 7.92. The number of hydrogen-bond acceptors (Lipinski definition) is 3. The van der Waals surface area contributed by atoms with Gasteiger partial charge in [0.2, 0.25) is 0 Å². The minimum absolute atomic E-state index is 0.196. The molecule has 0 aliphatic carbocycles. The number of aryl methyl sites for hydroxylation is 1. The van der Waals surface area contributed by atoms with Crippen LogP contribution in [0.4, 0.5) is 0 Å². The molecule has 178 valence electrons. The molecule has 0 heterocycles. The second kappa shape index (κ2) is 12.3. The van der Waals surface area contributed by atoms with Crippen LogP contribution < -0.4 is 20.7 Å². The molecule has 0 fully saturated rings. The predicted molar refractivity (Wildman–Crippen MR) is 146 cm³/mol. The average Bonchev–Trinajstić information content (AvgIpc) is 2.93. The van der Waals surface area contributed by atoms with Crippen molar-refractivity contribution in [3.63, 3.8) is 0 Å². The Morgan fingerprint density at radius 3 is 1.63 bits per heavy atom. The molecule has 0 bridgehead atoms. The Kier molecular flexibility index (Phi) is 8.70. The van der Waals surface area contributed by atoms with Gasteiger partial charge in [0.1, 0.15) is 21.7 Å². The largest absolute Gasteiger partial charge is 0.494 e. The van der Waals surface area contributed by atoms with Crippen molar-refractivity contribution < 1.29 is 14.1 Å². The maximum atomic E-state index is 13.4. The number of benzene rings is 4. The van der Waals surface area contributed by atoms with Crippen LogP contribution in [0.3, 0.4) is 0 Å². The monoisotopic (exact) mass is 483 g/mol. The van der Waals surface area contributed by atoms with Crippen LogP contribution in [0.1, 0.15) is 31.7 Å². The van der Waals surface area contributed by atoms with E-state index in [1.165, 1.54) is 0 Å². The zero-order valence-corrected chi connectivity index (χ0v) is 21.1. The highest BCUT2D eigenvalue weighted by Gasteiger charge is 2.50. The molecule has 0 radical (unpaired) electrons. The van der Waals surface area contributed by atoms with Gasteiger partial charge in [0.15, 0.2) is 0 Å². The molecule has 4 aromatic carbocycles. The molecule has 0 atom stereocenters. The van der Waals surface area contributed by atoms with Gasteiger partial charge in [-0.25, -0.2) is 4.79 Å². The van der Waals surface area contributed by atoms with Crippen LogP contribution >= 0.6 is 7.49 Å². The van der Waals surface area contributed by atoms with Crippen LogP contribution in [0.25, 0.3) is 0 Å². The van der Waals surface area contributed by atoms with Gasteiger partial charge in [0.05, 0.1) is 13.0 Å². The van der Waals surface area contributed by atoms with E-state index in [1.807, 2.05) is 78.9 Å². The number of ether oxygens (including phenoxy) is 1. The molecular weight excluding hydrogens is 451 g/mol. The first kappa shape index (κ1) is 24.7. The Balaban J connectivity index is 1.58. The maximum Gasteiger partial charge on any atom is 0.352 e. The molecule has 3 nitrogen and oxygen atoms in total. The molecule has 0 saturated heterocycles. The summed E-state index contributed by atoms with van der Waals surface area (Å²) in [6.45, 7) is 2.88. The standard InChI is InChI=1S/C31H32O3P/c1-2-3-25-33-27-22-19-26(20-23-27)21-24-31(32)34-35(28-13-7-4-8-14-28,29-15-9-5-10-16-29)30-17-11-6-12-18-30/h4-20,22-23H,2-3,21,24-25H2,1H3/q+1. The van der Waals surface area contributed by atoms with E-state index < -0.39 is 7.49 Å². The van der Waals surface area contributed by atoms with E-state index in [-0.39, 0.29) is 5.97 Å². The Labute approximate surface area is 209 Å². The van der Waals surface area contributed by atoms with Crippen molar-refractivity contribution in [2.24, 2.45) is 0 Å². The van der Waals surface area contributed by atoms with Crippen molar-refractivity contribution in [3.8, 4) is 5.75 Å². The van der Waals surface area contributed by atoms with Gasteiger partial charge in [-0.05, 0) is 66.9 Å². The van der Waals surface area contributed by atoms with Crippen LogP contribution in [0.5, 0.6) is 5.75 Å². The summed E-state index contributed by atoms with van der Waals surface area (Å²) in [4.78, 5) is 13.4. The lowest BCUT2D eigenvalue weighted by atomic mass is 10.1. The lowest BCUT2D eigenvalue weighted by Gasteiger charge is -2.25. The van der Waals surface area contributed by atoms with Crippen molar-refractivity contribution in [2.75, 3.05) is 6.61 Å². The smallest absolute Gasteiger partial charge is 0.352 e. The first-order valence-corrected chi connectivity index (χ1v) is 13.9. The molecule has 0 aliphatic heterocycles. The normalized spacial score (nSPS) is 11.1. The van der Waals surface area contributed by atoms with Crippen LogP contribution in [0, 0.1) is 0 Å². The Morgan fingerprint density at radius 1 is 0.686 bits per heavy atom. The molecule has 4 aromatic rings. The van der Waals surface area contributed by atoms with Gasteiger partial charge >= 0.3 is 5.97 Å². The molecule has 0 unspecified atom stereocenters. The quantitative estimate of drug-likeness (QED) is 0.187. The predicted octanol–water partition coefficient (Wildman–Crippen LogP) is 6.25. The molecular formula is C31H32O3P+. The second-order valence-electron chi connectivity index (χ2n) is 8.43. The average molecular weight is 484 g/mol. The van der Waals surface area contributed by atoms with Crippen molar-refractivity contribution in [1.29, 1.82) is 0 Å². The summed E-state index contributed by atoms with van der Waals surface area (Å²) in [5.41, 5.74) is 1.09. The topological polar surface area (TPSA) is 35.5 Å². The zero-order chi connectivity index (χ0) is 24.3. The molecule has 0 spiro atoms. The molecule has 0 saturated carbocycles. The third kappa shape index (κ3) is 6.18. The van der Waals surface area contributed by atoms with E-state index in [1.54, 1.807) is 0 Å². The summed E-state index contributed by atoms with van der Waals surface area (Å²) >= 11 is 0. The van der Waals surface area contributed by atoms with Gasteiger partial charge in [-0.1, -0.05) is 80.1 Å². The van der Waals surface area contributed by atoms with Gasteiger partial charge in [-0.15, -0.1) is 0 Å². The fraction of sp³-hybridized carbons (Fsp3) is 0.194. The van der Waals surface area contributed by atoms with E-state index in [2.05, 4.69) is 43.3 Å². The minimum Gasteiger partial charge on any atom is -0.494 e. The Bertz CT molecular complexity index is 1080. The molecule has 0 aliphatic rings. The highest BCUT2D eigenvalue weighted by atomic mass is 31.2. The van der Waals surface area contributed by atoms with E-state index >= 15 is 0 Å². The van der Waals surface area contributed by atoms with E-state index in [0.29, 0.717) is 12.8 Å². The summed E-state index contributed by atoms with van der Waals surface area (Å²) in [6, 6.07) is 38.4. The zero-order valence-electron chi connectivity index (χ0n) is 20.2. The summed E-state index contributed by atoms with van der Waals surface area (Å²) in [7, 11) is -2.62. The Hall–Kier alpha value is -3.42. The third-order valence-corrected chi connectivity index (χ3v) is 9.46. The van der Waals surface area contributed by atoms with Crippen LogP contribution in [0.15, 0.2) is 115 Å². The maximum absolute atomic E-state index is 13.4. The number of rotatable bonds is 11. The van der Waals surface area contributed by atoms with Crippen LogP contribution in [0.2, 0.25) is 0 Å². The summed E-state index contributed by atoms with van der Waals surface area (Å²) in [6.07, 6.45) is 3.08. The first-order valence-electron chi connectivity index (χ1n) is 12.2. The van der Waals surface area contributed by atoms with E-state index in [9.17, 15) is 4.79 Å². The third-order valence-electron chi connectivity index (χ3n) is 5.91. The highest BCUT2D eigenvalue weighted by Crippen LogP contribution is 2.56. The van der Waals surface area contributed by atoms with Crippen LogP contribution in [-0.2, 0) is 15.7 Å². The fourth-order valence-electron chi connectivity index (χ4n) is 4.05. The van der Waals surface area contributed by atoms with Gasteiger partial charge in [-0.3, -0.25) is 4.52 Å². The van der Waals surface area contributed by atoms with Crippen molar-refractivity contribution >= 4 is 29.4 Å². The van der Waals surface area contributed by atoms with Crippen molar-refractivity contribution in [2.45, 2.75) is 32.6 Å². The van der Waals surface area contributed by atoms with E-state index in [4.69, 9.17) is 9.26 Å². The van der Waals surface area contributed by atoms with Crippen molar-refractivity contribution in [3.05, 3.63) is 121 Å². The summed E-state index contributed by atoms with van der Waals surface area (Å²) < 4.78 is 12.3. The molecule has 0 N–H and O–H groups in total. The van der Waals surface area contributed by atoms with Gasteiger partial charge in [0, 0.05) is 0 Å². The van der Waals surface area contributed by atoms with Gasteiger partial charge in [0.25, 0.3) is 7.49 Å². The van der Waals surface area contributed by atoms with Crippen LogP contribution in [-0.4, -0.2) is 12.6 Å². The number of carbonyl (C=O) groups excluding carboxylic acids is 1. The van der Waals surface area contributed by atoms with Gasteiger partial charge in [-0.2, -0.15) is 0 Å². The summed E-state index contributed by atoms with van der Waals surface area (Å²) in [5, 5.41) is 3.08. The first-order chi connectivity index (χ1) is 17.2. The molecule has 0 aromatic heterocycles. The van der Waals surface area contributed by atoms with Crippen molar-refractivity contribution in [1.82, 2.24) is 0 Å². The lowest BCUT2D eigenvalue weighted by molar-refractivity contribution is -0.133. The second-order valence-corrected chi connectivity index (χ2v) is 11.4. The van der Waals surface area contributed by atoms with Gasteiger partial charge < -0.3 is 4.74 Å². The molecule has 4 rings (SSSR count). The number of carbonyl (C=O) groups is 1. The molecule has 0 amide bonds. The minimum atomic E-state index is -2.62. The Morgan fingerprint density at radius 2 is 1.17 bits per heavy atom.